The van der Waals surface area contributed by atoms with Gasteiger partial charge in [-0.15, -0.1) is 0 Å². The molecule has 3 heterocycles. The maximum Gasteiger partial charge on any atom is 0.261 e. The molecule has 1 aromatic carbocycles. The van der Waals surface area contributed by atoms with E-state index in [1.165, 1.54) is 38.8 Å². The number of aryl methyl sites for hydroxylation is 3. The van der Waals surface area contributed by atoms with Gasteiger partial charge in [-0.2, -0.15) is 4.98 Å². The largest absolute Gasteiger partial charge is 0.354 e. The van der Waals surface area contributed by atoms with Crippen LogP contribution in [-0.4, -0.2) is 52.2 Å². The molecule has 3 aromatic rings. The van der Waals surface area contributed by atoms with Crippen molar-refractivity contribution in [1.82, 2.24) is 20.0 Å². The van der Waals surface area contributed by atoms with E-state index in [0.717, 1.165) is 65.7 Å². The Labute approximate surface area is 200 Å². The van der Waals surface area contributed by atoms with Crippen LogP contribution in [0.15, 0.2) is 16.7 Å². The zero-order valence-electron chi connectivity index (χ0n) is 20.5. The average Bonchev–Trinajstić information content (AvgIpc) is 3.73. The molecule has 3 aliphatic rings. The Morgan fingerprint density at radius 1 is 1.06 bits per heavy atom. The van der Waals surface area contributed by atoms with Crippen LogP contribution in [0.1, 0.15) is 56.0 Å². The lowest BCUT2D eigenvalue weighted by Crippen LogP contribution is -2.40. The Morgan fingerprint density at radius 3 is 2.41 bits per heavy atom. The Hall–Kier alpha value is -2.54. The zero-order valence-corrected chi connectivity index (χ0v) is 20.5. The van der Waals surface area contributed by atoms with Crippen LogP contribution in [0.25, 0.3) is 22.4 Å². The Kier molecular flexibility index (Phi) is 5.55. The minimum atomic E-state index is -0.258. The van der Waals surface area contributed by atoms with Crippen molar-refractivity contribution in [2.45, 2.75) is 65.3 Å². The van der Waals surface area contributed by atoms with E-state index in [0.29, 0.717) is 23.3 Å². The van der Waals surface area contributed by atoms with E-state index >= 15 is 4.39 Å². The molecule has 0 bridgehead atoms. The number of nitrogens with zero attached hydrogens (tertiary/aromatic N) is 5. The fraction of sp³-hybridized carbons (Fsp3) is 0.593. The molecule has 6 nitrogen and oxygen atoms in total. The van der Waals surface area contributed by atoms with E-state index < -0.39 is 0 Å². The molecule has 180 valence electrons. The third-order valence-corrected chi connectivity index (χ3v) is 7.85. The maximum absolute atomic E-state index is 15.2. The summed E-state index contributed by atoms with van der Waals surface area (Å²) in [6, 6.07) is 4.19. The normalized spacial score (nSPS) is 20.7. The summed E-state index contributed by atoms with van der Waals surface area (Å²) in [6.45, 7) is 10.2. The molecular weight excluding hydrogens is 429 g/mol. The molecule has 2 aliphatic carbocycles. The summed E-state index contributed by atoms with van der Waals surface area (Å²) in [5.74, 6) is 3.34. The van der Waals surface area contributed by atoms with Gasteiger partial charge in [0.25, 0.3) is 5.89 Å². The van der Waals surface area contributed by atoms with Crippen molar-refractivity contribution in [2.75, 3.05) is 31.1 Å². The lowest BCUT2D eigenvalue weighted by Gasteiger charge is -2.29. The second-order valence-corrected chi connectivity index (χ2v) is 10.6. The fourth-order valence-corrected chi connectivity index (χ4v) is 5.48. The topological polar surface area (TPSA) is 58.3 Å². The molecule has 2 saturated carbocycles. The van der Waals surface area contributed by atoms with Crippen LogP contribution in [0, 0.1) is 31.5 Å². The van der Waals surface area contributed by atoms with Crippen molar-refractivity contribution in [3.05, 3.63) is 34.9 Å². The second-order valence-electron chi connectivity index (χ2n) is 10.6. The SMILES string of the molecule is CCc1cc(F)c2nc(N3CC[C@H](N(CC4CC4)CC4CC4)C3)c(-c3nc(C)no3)c(C)c2c1. The summed E-state index contributed by atoms with van der Waals surface area (Å²) in [4.78, 5) is 14.5. The fourth-order valence-electron chi connectivity index (χ4n) is 5.48. The van der Waals surface area contributed by atoms with Crippen molar-refractivity contribution < 1.29 is 8.91 Å². The molecule has 3 fully saturated rings. The first-order valence-electron chi connectivity index (χ1n) is 12.9. The van der Waals surface area contributed by atoms with E-state index in [4.69, 9.17) is 9.51 Å². The van der Waals surface area contributed by atoms with E-state index in [1.807, 2.05) is 20.8 Å². The maximum atomic E-state index is 15.2. The third kappa shape index (κ3) is 4.19. The highest BCUT2D eigenvalue weighted by Crippen LogP contribution is 2.40. The smallest absolute Gasteiger partial charge is 0.261 e. The average molecular weight is 464 g/mol. The van der Waals surface area contributed by atoms with E-state index in [-0.39, 0.29) is 5.82 Å². The summed E-state index contributed by atoms with van der Waals surface area (Å²) >= 11 is 0. The van der Waals surface area contributed by atoms with Gasteiger partial charge in [0, 0.05) is 37.6 Å². The molecule has 34 heavy (non-hydrogen) atoms. The predicted octanol–water partition coefficient (Wildman–Crippen LogP) is 5.30. The molecule has 0 spiro atoms. The number of hydrogen-bond acceptors (Lipinski definition) is 6. The lowest BCUT2D eigenvalue weighted by atomic mass is 10.00. The Balaban J connectivity index is 1.39. The molecule has 7 heteroatoms. The number of aromatic nitrogens is 3. The molecule has 0 unspecified atom stereocenters. The van der Waals surface area contributed by atoms with Gasteiger partial charge in [-0.25, -0.2) is 9.37 Å². The van der Waals surface area contributed by atoms with Crippen LogP contribution in [-0.2, 0) is 6.42 Å². The van der Waals surface area contributed by atoms with Gasteiger partial charge in [-0.1, -0.05) is 12.1 Å². The monoisotopic (exact) mass is 463 g/mol. The summed E-state index contributed by atoms with van der Waals surface area (Å²) in [5, 5.41) is 4.87. The third-order valence-electron chi connectivity index (χ3n) is 7.85. The van der Waals surface area contributed by atoms with Gasteiger partial charge < -0.3 is 9.42 Å². The number of rotatable bonds is 8. The summed E-state index contributed by atoms with van der Waals surface area (Å²) in [6.07, 6.45) is 7.39. The molecule has 2 aromatic heterocycles. The highest BCUT2D eigenvalue weighted by molar-refractivity contribution is 5.93. The summed E-state index contributed by atoms with van der Waals surface area (Å²) in [7, 11) is 0. The van der Waals surface area contributed by atoms with Gasteiger partial charge >= 0.3 is 0 Å². The van der Waals surface area contributed by atoms with Crippen LogP contribution in [0.2, 0.25) is 0 Å². The van der Waals surface area contributed by atoms with Gasteiger partial charge in [0.1, 0.15) is 17.2 Å². The van der Waals surface area contributed by atoms with E-state index in [9.17, 15) is 0 Å². The van der Waals surface area contributed by atoms with Crippen LogP contribution < -0.4 is 4.90 Å². The van der Waals surface area contributed by atoms with Crippen molar-refractivity contribution >= 4 is 16.7 Å². The highest BCUT2D eigenvalue weighted by atomic mass is 19.1. The van der Waals surface area contributed by atoms with Crippen LogP contribution in [0.3, 0.4) is 0 Å². The molecule has 1 aliphatic heterocycles. The van der Waals surface area contributed by atoms with E-state index in [1.54, 1.807) is 6.07 Å². The number of pyridine rings is 1. The molecule has 0 amide bonds. The van der Waals surface area contributed by atoms with E-state index in [2.05, 4.69) is 26.0 Å². The quantitative estimate of drug-likeness (QED) is 0.452. The number of fused-ring (bicyclic) bond motifs is 1. The molecule has 0 N–H and O–H groups in total. The van der Waals surface area contributed by atoms with Crippen molar-refractivity contribution in [3.8, 4) is 11.5 Å². The predicted molar refractivity (Wildman–Crippen MR) is 131 cm³/mol. The number of halogens is 1. The summed E-state index contributed by atoms with van der Waals surface area (Å²) in [5.41, 5.74) is 3.19. The van der Waals surface area contributed by atoms with Gasteiger partial charge in [0.2, 0.25) is 0 Å². The van der Waals surface area contributed by atoms with Crippen molar-refractivity contribution in [1.29, 1.82) is 0 Å². The number of anilines is 1. The minimum absolute atomic E-state index is 0.258. The lowest BCUT2D eigenvalue weighted by molar-refractivity contribution is 0.192. The standard InChI is InChI=1S/C27H34FN5O/c1-4-18-11-22-16(2)24(27-29-17(3)31-34-27)26(30-25(22)23(28)12-18)32-10-9-21(15-32)33(13-19-5-6-19)14-20-7-8-20/h11-12,19-21H,4-10,13-15H2,1-3H3/t21-/m0/s1. The van der Waals surface area contributed by atoms with Gasteiger partial charge in [0.15, 0.2) is 5.82 Å². The zero-order chi connectivity index (χ0) is 23.4. The second kappa shape index (κ2) is 8.59. The van der Waals surface area contributed by atoms with Crippen LogP contribution in [0.4, 0.5) is 10.2 Å². The van der Waals surface area contributed by atoms with Gasteiger partial charge in [-0.05, 0) is 87.5 Å². The molecule has 1 saturated heterocycles. The Bertz CT molecular complexity index is 1200. The first-order valence-corrected chi connectivity index (χ1v) is 12.9. The van der Waals surface area contributed by atoms with Gasteiger partial charge in [0.05, 0.1) is 5.56 Å². The van der Waals surface area contributed by atoms with Crippen molar-refractivity contribution in [3.63, 3.8) is 0 Å². The molecule has 1 atom stereocenters. The first-order chi connectivity index (χ1) is 16.5. The molecule has 6 rings (SSSR count). The van der Waals surface area contributed by atoms with Crippen LogP contribution in [0.5, 0.6) is 0 Å². The van der Waals surface area contributed by atoms with Crippen LogP contribution >= 0.6 is 0 Å². The van der Waals surface area contributed by atoms with Crippen molar-refractivity contribution in [2.24, 2.45) is 11.8 Å². The van der Waals surface area contributed by atoms with Gasteiger partial charge in [-0.3, -0.25) is 4.90 Å². The first kappa shape index (κ1) is 22.0. The number of hydrogen-bond donors (Lipinski definition) is 0. The molecule has 0 radical (unpaired) electrons. The Morgan fingerprint density at radius 2 is 1.79 bits per heavy atom. The molecular formula is C27H34FN5O. The summed E-state index contributed by atoms with van der Waals surface area (Å²) < 4.78 is 20.8. The number of benzene rings is 1. The minimum Gasteiger partial charge on any atom is -0.354 e. The highest BCUT2D eigenvalue weighted by Gasteiger charge is 2.37.